The van der Waals surface area contributed by atoms with Gasteiger partial charge in [-0.05, 0) is 24.8 Å². The Balaban J connectivity index is 0.00000338. The van der Waals surface area contributed by atoms with Crippen LogP contribution in [0.25, 0.3) is 0 Å². The van der Waals surface area contributed by atoms with Gasteiger partial charge in [0, 0.05) is 33.2 Å². The molecule has 6 heteroatoms. The van der Waals surface area contributed by atoms with Gasteiger partial charge in [-0.3, -0.25) is 9.89 Å². The van der Waals surface area contributed by atoms with E-state index < -0.39 is 0 Å². The molecule has 0 radical (unpaired) electrons. The van der Waals surface area contributed by atoms with Crippen molar-refractivity contribution in [3.05, 3.63) is 35.4 Å². The molecule has 1 fully saturated rings. The van der Waals surface area contributed by atoms with E-state index in [1.807, 2.05) is 7.05 Å². The molecule has 1 heterocycles. The molecule has 5 nitrogen and oxygen atoms in total. The molecule has 2 N–H and O–H groups in total. The van der Waals surface area contributed by atoms with Gasteiger partial charge in [-0.25, -0.2) is 0 Å². The summed E-state index contributed by atoms with van der Waals surface area (Å²) in [5.74, 6) is 1.57. The summed E-state index contributed by atoms with van der Waals surface area (Å²) < 4.78 is 5.53. The number of morpholine rings is 1. The van der Waals surface area contributed by atoms with Crippen molar-refractivity contribution in [1.29, 1.82) is 0 Å². The van der Waals surface area contributed by atoms with Gasteiger partial charge < -0.3 is 15.4 Å². The number of benzene rings is 1. The smallest absolute Gasteiger partial charge is 0.191 e. The van der Waals surface area contributed by atoms with E-state index in [0.29, 0.717) is 12.0 Å². The van der Waals surface area contributed by atoms with Crippen molar-refractivity contribution in [2.24, 2.45) is 10.9 Å². The van der Waals surface area contributed by atoms with Crippen LogP contribution in [-0.2, 0) is 4.74 Å². The molecular weight excluding hydrogens is 439 g/mol. The lowest BCUT2D eigenvalue weighted by molar-refractivity contribution is 0.0170. The van der Waals surface area contributed by atoms with Crippen molar-refractivity contribution in [1.82, 2.24) is 15.5 Å². The molecule has 1 aliphatic rings. The van der Waals surface area contributed by atoms with Crippen LogP contribution in [0.2, 0.25) is 0 Å². The van der Waals surface area contributed by atoms with Crippen molar-refractivity contribution in [3.63, 3.8) is 0 Å². The molecule has 0 bridgehead atoms. The number of aliphatic imine (C=N–C) groups is 1. The molecule has 0 saturated carbocycles. The summed E-state index contributed by atoms with van der Waals surface area (Å²) >= 11 is 0. The first-order chi connectivity index (χ1) is 12.1. The topological polar surface area (TPSA) is 48.9 Å². The zero-order valence-corrected chi connectivity index (χ0v) is 19.0. The van der Waals surface area contributed by atoms with Gasteiger partial charge >= 0.3 is 0 Å². The molecule has 0 aliphatic carbocycles. The number of guanidine groups is 1. The Kier molecular flexibility index (Phi) is 11.2. The minimum atomic E-state index is 0. The average Bonchev–Trinajstić information content (AvgIpc) is 2.61. The summed E-state index contributed by atoms with van der Waals surface area (Å²) in [4.78, 5) is 6.87. The van der Waals surface area contributed by atoms with Crippen molar-refractivity contribution in [2.75, 3.05) is 46.4 Å². The molecular formula is C20H35IN4O. The maximum Gasteiger partial charge on any atom is 0.191 e. The molecule has 148 valence electrons. The highest BCUT2D eigenvalue weighted by Crippen LogP contribution is 2.22. The van der Waals surface area contributed by atoms with Gasteiger partial charge in [-0.2, -0.15) is 0 Å². The van der Waals surface area contributed by atoms with Gasteiger partial charge in [-0.1, -0.05) is 43.7 Å². The second-order valence-electron chi connectivity index (χ2n) is 7.14. The van der Waals surface area contributed by atoms with E-state index in [4.69, 9.17) is 4.74 Å². The summed E-state index contributed by atoms with van der Waals surface area (Å²) in [6.45, 7) is 12.0. The maximum absolute atomic E-state index is 5.53. The Hall–Kier alpha value is -0.860. The number of hydrogen-bond acceptors (Lipinski definition) is 3. The average molecular weight is 474 g/mol. The lowest BCUT2D eigenvalue weighted by atomic mass is 10.0. The largest absolute Gasteiger partial charge is 0.379 e. The fourth-order valence-corrected chi connectivity index (χ4v) is 3.12. The van der Waals surface area contributed by atoms with Crippen LogP contribution in [0.1, 0.15) is 37.4 Å². The highest BCUT2D eigenvalue weighted by molar-refractivity contribution is 14.0. The van der Waals surface area contributed by atoms with E-state index in [-0.39, 0.29) is 24.0 Å². The number of nitrogens with zero attached hydrogens (tertiary/aromatic N) is 2. The van der Waals surface area contributed by atoms with Crippen LogP contribution in [0.3, 0.4) is 0 Å². The molecule has 2 rings (SSSR count). The summed E-state index contributed by atoms with van der Waals surface area (Å²) in [5.41, 5.74) is 2.65. The van der Waals surface area contributed by atoms with Gasteiger partial charge in [0.15, 0.2) is 5.96 Å². The Morgan fingerprint density at radius 1 is 1.23 bits per heavy atom. The third-order valence-corrected chi connectivity index (χ3v) is 4.61. The summed E-state index contributed by atoms with van der Waals surface area (Å²) in [5, 5.41) is 6.93. The number of rotatable bonds is 7. The number of ether oxygens (including phenoxy) is 1. The van der Waals surface area contributed by atoms with Crippen LogP contribution < -0.4 is 10.6 Å². The van der Waals surface area contributed by atoms with Crippen LogP contribution in [0, 0.1) is 12.8 Å². The second kappa shape index (κ2) is 12.5. The molecule has 1 aromatic carbocycles. The zero-order valence-electron chi connectivity index (χ0n) is 16.6. The molecule has 0 amide bonds. The monoisotopic (exact) mass is 474 g/mol. The van der Waals surface area contributed by atoms with E-state index in [1.54, 1.807) is 0 Å². The van der Waals surface area contributed by atoms with E-state index >= 15 is 0 Å². The second-order valence-corrected chi connectivity index (χ2v) is 7.14. The predicted octanol–water partition coefficient (Wildman–Crippen LogP) is 3.20. The molecule has 1 atom stereocenters. The first kappa shape index (κ1) is 23.2. The van der Waals surface area contributed by atoms with Gasteiger partial charge in [0.1, 0.15) is 0 Å². The van der Waals surface area contributed by atoms with Crippen molar-refractivity contribution >= 4 is 29.9 Å². The Bertz CT molecular complexity index is 544. The fourth-order valence-electron chi connectivity index (χ4n) is 3.12. The van der Waals surface area contributed by atoms with Gasteiger partial charge in [0.2, 0.25) is 0 Å². The van der Waals surface area contributed by atoms with Crippen LogP contribution in [-0.4, -0.2) is 57.3 Å². The highest BCUT2D eigenvalue weighted by Gasteiger charge is 2.23. The lowest BCUT2D eigenvalue weighted by Crippen LogP contribution is -2.46. The minimum Gasteiger partial charge on any atom is -0.379 e. The maximum atomic E-state index is 5.53. The minimum absolute atomic E-state index is 0. The molecule has 1 saturated heterocycles. The normalized spacial score (nSPS) is 16.9. The highest BCUT2D eigenvalue weighted by atomic mass is 127. The Morgan fingerprint density at radius 2 is 1.96 bits per heavy atom. The number of aryl methyl sites for hydroxylation is 1. The molecule has 1 unspecified atom stereocenters. The standard InChI is InChI=1S/C20H34N4O.HI/c1-16(2)8-9-22-20(21-4)23-15-19(24-10-12-25-13-11-24)18-7-5-6-17(3)14-18;/h5-7,14,16,19H,8-13,15H2,1-4H3,(H2,21,22,23);1H. The van der Waals surface area contributed by atoms with Crippen LogP contribution in [0.5, 0.6) is 0 Å². The van der Waals surface area contributed by atoms with Crippen LogP contribution >= 0.6 is 24.0 Å². The molecule has 0 spiro atoms. The van der Waals surface area contributed by atoms with Gasteiger partial charge in [0.25, 0.3) is 0 Å². The first-order valence-corrected chi connectivity index (χ1v) is 9.43. The van der Waals surface area contributed by atoms with Crippen molar-refractivity contribution < 1.29 is 4.74 Å². The van der Waals surface area contributed by atoms with E-state index in [2.05, 4.69) is 65.6 Å². The fraction of sp³-hybridized carbons (Fsp3) is 0.650. The quantitative estimate of drug-likeness (QED) is 0.362. The van der Waals surface area contributed by atoms with Crippen LogP contribution in [0.15, 0.2) is 29.3 Å². The van der Waals surface area contributed by atoms with E-state index in [9.17, 15) is 0 Å². The molecule has 1 aromatic rings. The molecule has 26 heavy (non-hydrogen) atoms. The van der Waals surface area contributed by atoms with Crippen molar-refractivity contribution in [3.8, 4) is 0 Å². The lowest BCUT2D eigenvalue weighted by Gasteiger charge is -2.35. The van der Waals surface area contributed by atoms with E-state index in [1.165, 1.54) is 11.1 Å². The number of hydrogen-bond donors (Lipinski definition) is 2. The Morgan fingerprint density at radius 3 is 2.58 bits per heavy atom. The van der Waals surface area contributed by atoms with Gasteiger partial charge in [0.05, 0.1) is 19.3 Å². The number of halogens is 1. The van der Waals surface area contributed by atoms with Crippen molar-refractivity contribution in [2.45, 2.75) is 33.2 Å². The summed E-state index contributed by atoms with van der Waals surface area (Å²) in [7, 11) is 1.83. The third kappa shape index (κ3) is 7.80. The third-order valence-electron chi connectivity index (χ3n) is 4.61. The molecule has 1 aliphatic heterocycles. The summed E-state index contributed by atoms with van der Waals surface area (Å²) in [6.07, 6.45) is 1.14. The number of nitrogens with one attached hydrogen (secondary N) is 2. The SMILES string of the molecule is CN=C(NCCC(C)C)NCC(c1cccc(C)c1)N1CCOCC1.I. The van der Waals surface area contributed by atoms with Crippen LogP contribution in [0.4, 0.5) is 0 Å². The van der Waals surface area contributed by atoms with E-state index in [0.717, 1.165) is 51.8 Å². The Labute approximate surface area is 176 Å². The predicted molar refractivity (Wildman–Crippen MR) is 121 cm³/mol. The van der Waals surface area contributed by atoms with Gasteiger partial charge in [-0.15, -0.1) is 24.0 Å². The molecule has 0 aromatic heterocycles. The zero-order chi connectivity index (χ0) is 18.1. The summed E-state index contributed by atoms with van der Waals surface area (Å²) in [6, 6.07) is 9.14. The first-order valence-electron chi connectivity index (χ1n) is 9.43.